The summed E-state index contributed by atoms with van der Waals surface area (Å²) in [6.07, 6.45) is 0. The molecule has 1 heterocycles. The summed E-state index contributed by atoms with van der Waals surface area (Å²) in [5, 5.41) is 6.92. The second kappa shape index (κ2) is 5.52. The molecule has 0 radical (unpaired) electrons. The molecule has 2 aromatic rings. The molecule has 1 aromatic carbocycles. The van der Waals surface area contributed by atoms with Gasteiger partial charge < -0.3 is 10.2 Å². The third kappa shape index (κ3) is 3.01. The number of carbonyl (C=O) groups excluding carboxylic acids is 1. The van der Waals surface area contributed by atoms with Gasteiger partial charge in [0, 0.05) is 17.8 Å². The van der Waals surface area contributed by atoms with Crippen molar-refractivity contribution in [1.82, 2.24) is 14.5 Å². The van der Waals surface area contributed by atoms with Crippen LogP contribution in [0.15, 0.2) is 18.2 Å². The molecule has 0 aliphatic rings. The highest BCUT2D eigenvalue weighted by Crippen LogP contribution is 2.20. The van der Waals surface area contributed by atoms with Crippen LogP contribution in [0.2, 0.25) is 0 Å². The molecule has 6 heteroatoms. The zero-order valence-corrected chi connectivity index (χ0v) is 12.4. The van der Waals surface area contributed by atoms with Gasteiger partial charge in [0.05, 0.1) is 4.70 Å². The molecular formula is C13H18N4OS. The first kappa shape index (κ1) is 13.7. The number of anilines is 1. The van der Waals surface area contributed by atoms with Gasteiger partial charge in [-0.3, -0.25) is 0 Å². The number of benzene rings is 1. The number of amides is 2. The molecule has 0 aliphatic carbocycles. The number of hydrogen-bond acceptors (Lipinski definition) is 4. The Morgan fingerprint density at radius 3 is 2.58 bits per heavy atom. The van der Waals surface area contributed by atoms with Crippen LogP contribution in [0.5, 0.6) is 0 Å². The van der Waals surface area contributed by atoms with Gasteiger partial charge in [-0.1, -0.05) is 4.49 Å². The number of nitrogens with zero attached hydrogens (tertiary/aromatic N) is 3. The van der Waals surface area contributed by atoms with E-state index in [1.807, 2.05) is 50.8 Å². The van der Waals surface area contributed by atoms with Crippen LogP contribution < -0.4 is 5.32 Å². The molecule has 19 heavy (non-hydrogen) atoms. The van der Waals surface area contributed by atoms with Gasteiger partial charge in [0.2, 0.25) is 0 Å². The lowest BCUT2D eigenvalue weighted by Gasteiger charge is -2.30. The lowest BCUT2D eigenvalue weighted by atomic mass is 10.2. The fraction of sp³-hybridized carbons (Fsp3) is 0.462. The Morgan fingerprint density at radius 1 is 1.26 bits per heavy atom. The molecule has 1 N–H and O–H groups in total. The van der Waals surface area contributed by atoms with Gasteiger partial charge in [-0.05, 0) is 57.4 Å². The second-order valence-corrected chi connectivity index (χ2v) is 5.77. The van der Waals surface area contributed by atoms with E-state index >= 15 is 0 Å². The van der Waals surface area contributed by atoms with Crippen LogP contribution in [0.1, 0.15) is 27.7 Å². The van der Waals surface area contributed by atoms with E-state index in [-0.39, 0.29) is 18.1 Å². The highest BCUT2D eigenvalue weighted by Gasteiger charge is 2.20. The molecule has 5 nitrogen and oxygen atoms in total. The summed E-state index contributed by atoms with van der Waals surface area (Å²) < 4.78 is 4.90. The Morgan fingerprint density at radius 2 is 1.95 bits per heavy atom. The first-order valence-corrected chi connectivity index (χ1v) is 7.08. The van der Waals surface area contributed by atoms with Gasteiger partial charge in [0.25, 0.3) is 0 Å². The standard InChI is InChI=1S/C13H18N4OS/c1-8(2)17(9(3)4)13(18)14-10-5-6-12-11(7-10)15-16-19-12/h5-9H,1-4H3,(H,14,18). The molecule has 0 saturated carbocycles. The van der Waals surface area contributed by atoms with Crippen LogP contribution in [-0.4, -0.2) is 32.6 Å². The average molecular weight is 278 g/mol. The number of aromatic nitrogens is 2. The topological polar surface area (TPSA) is 58.1 Å². The number of hydrogen-bond donors (Lipinski definition) is 1. The lowest BCUT2D eigenvalue weighted by Crippen LogP contribution is -2.44. The van der Waals surface area contributed by atoms with Gasteiger partial charge in [-0.15, -0.1) is 5.10 Å². The van der Waals surface area contributed by atoms with Crippen LogP contribution in [0.25, 0.3) is 10.2 Å². The molecule has 2 amide bonds. The Balaban J connectivity index is 2.17. The predicted molar refractivity (Wildman–Crippen MR) is 78.5 cm³/mol. The van der Waals surface area contributed by atoms with Crippen molar-refractivity contribution in [1.29, 1.82) is 0 Å². The average Bonchev–Trinajstić information content (AvgIpc) is 2.74. The highest BCUT2D eigenvalue weighted by atomic mass is 32.1. The monoisotopic (exact) mass is 278 g/mol. The Bertz CT molecular complexity index is 571. The predicted octanol–water partition coefficient (Wildman–Crippen LogP) is 3.34. The van der Waals surface area contributed by atoms with Crippen molar-refractivity contribution in [3.8, 4) is 0 Å². The van der Waals surface area contributed by atoms with E-state index in [1.54, 1.807) is 0 Å². The maximum atomic E-state index is 12.3. The molecule has 0 saturated heterocycles. The summed E-state index contributed by atoms with van der Waals surface area (Å²) in [5.74, 6) is 0. The molecule has 0 atom stereocenters. The van der Waals surface area contributed by atoms with Crippen LogP contribution in [-0.2, 0) is 0 Å². The molecular weight excluding hydrogens is 260 g/mol. The van der Waals surface area contributed by atoms with Crippen LogP contribution >= 0.6 is 11.5 Å². The van der Waals surface area contributed by atoms with Gasteiger partial charge in [0.15, 0.2) is 0 Å². The van der Waals surface area contributed by atoms with E-state index in [1.165, 1.54) is 11.5 Å². The number of carbonyl (C=O) groups is 1. The van der Waals surface area contributed by atoms with Crippen molar-refractivity contribution in [3.05, 3.63) is 18.2 Å². The van der Waals surface area contributed by atoms with Crippen molar-refractivity contribution in [2.24, 2.45) is 0 Å². The largest absolute Gasteiger partial charge is 0.322 e. The van der Waals surface area contributed by atoms with Gasteiger partial charge in [-0.25, -0.2) is 4.79 Å². The minimum absolute atomic E-state index is 0.0902. The van der Waals surface area contributed by atoms with Crippen molar-refractivity contribution in [2.45, 2.75) is 39.8 Å². The van der Waals surface area contributed by atoms with Crippen LogP contribution in [0.3, 0.4) is 0 Å². The van der Waals surface area contributed by atoms with Gasteiger partial charge in [-0.2, -0.15) is 0 Å². The third-order valence-electron chi connectivity index (χ3n) is 2.85. The molecule has 2 rings (SSSR count). The van der Waals surface area contributed by atoms with E-state index in [2.05, 4.69) is 14.9 Å². The Kier molecular flexibility index (Phi) is 3.99. The number of fused-ring (bicyclic) bond motifs is 1. The number of nitrogens with one attached hydrogen (secondary N) is 1. The van der Waals surface area contributed by atoms with E-state index in [4.69, 9.17) is 0 Å². The highest BCUT2D eigenvalue weighted by molar-refractivity contribution is 7.12. The van der Waals surface area contributed by atoms with E-state index < -0.39 is 0 Å². The summed E-state index contributed by atoms with van der Waals surface area (Å²) in [6, 6.07) is 5.86. The van der Waals surface area contributed by atoms with E-state index in [0.29, 0.717) is 0 Å². The summed E-state index contributed by atoms with van der Waals surface area (Å²) in [7, 11) is 0. The zero-order valence-electron chi connectivity index (χ0n) is 11.5. The van der Waals surface area contributed by atoms with E-state index in [0.717, 1.165) is 15.9 Å². The zero-order chi connectivity index (χ0) is 14.0. The summed E-state index contributed by atoms with van der Waals surface area (Å²) in [5.41, 5.74) is 1.56. The molecule has 0 bridgehead atoms. The fourth-order valence-electron chi connectivity index (χ4n) is 2.11. The summed E-state index contributed by atoms with van der Waals surface area (Å²) in [4.78, 5) is 14.1. The maximum Gasteiger partial charge on any atom is 0.322 e. The fourth-order valence-corrected chi connectivity index (χ4v) is 2.65. The molecule has 1 aromatic heterocycles. The smallest absolute Gasteiger partial charge is 0.320 e. The minimum Gasteiger partial charge on any atom is -0.320 e. The molecule has 0 unspecified atom stereocenters. The van der Waals surface area contributed by atoms with Crippen molar-refractivity contribution >= 4 is 33.5 Å². The summed E-state index contributed by atoms with van der Waals surface area (Å²) >= 11 is 1.35. The third-order valence-corrected chi connectivity index (χ3v) is 3.55. The first-order valence-electron chi connectivity index (χ1n) is 6.30. The Labute approximate surface area is 116 Å². The van der Waals surface area contributed by atoms with E-state index in [9.17, 15) is 4.79 Å². The van der Waals surface area contributed by atoms with Crippen LogP contribution in [0.4, 0.5) is 10.5 Å². The normalized spacial score (nSPS) is 11.3. The maximum absolute atomic E-state index is 12.3. The second-order valence-electron chi connectivity index (χ2n) is 4.98. The Hall–Kier alpha value is -1.69. The summed E-state index contributed by atoms with van der Waals surface area (Å²) in [6.45, 7) is 8.03. The van der Waals surface area contributed by atoms with Crippen LogP contribution in [0, 0.1) is 0 Å². The minimum atomic E-state index is -0.0902. The van der Waals surface area contributed by atoms with Crippen molar-refractivity contribution < 1.29 is 4.79 Å². The van der Waals surface area contributed by atoms with Gasteiger partial charge in [0.1, 0.15) is 5.52 Å². The van der Waals surface area contributed by atoms with Crippen molar-refractivity contribution in [2.75, 3.05) is 5.32 Å². The van der Waals surface area contributed by atoms with Gasteiger partial charge >= 0.3 is 6.03 Å². The molecule has 0 fully saturated rings. The lowest BCUT2D eigenvalue weighted by molar-refractivity contribution is 0.178. The number of rotatable bonds is 3. The molecule has 102 valence electrons. The molecule has 0 aliphatic heterocycles. The first-order chi connectivity index (χ1) is 8.99. The quantitative estimate of drug-likeness (QED) is 0.936. The van der Waals surface area contributed by atoms with Crippen molar-refractivity contribution in [3.63, 3.8) is 0 Å². The SMILES string of the molecule is CC(C)N(C(=O)Nc1ccc2snnc2c1)C(C)C. The molecule has 0 spiro atoms. The number of urea groups is 1.